The van der Waals surface area contributed by atoms with Gasteiger partial charge in [-0.25, -0.2) is 7.50 Å². The van der Waals surface area contributed by atoms with Crippen LogP contribution in [0.5, 0.6) is 0 Å². The van der Waals surface area contributed by atoms with Crippen molar-refractivity contribution in [3.8, 4) is 0 Å². The van der Waals surface area contributed by atoms with E-state index in [4.69, 9.17) is 0 Å². The van der Waals surface area contributed by atoms with Gasteiger partial charge in [-0.1, -0.05) is 0 Å². The fourth-order valence-electron chi connectivity index (χ4n) is 1.87. The number of rotatable bonds is 2. The predicted octanol–water partition coefficient (Wildman–Crippen LogP) is 1.50. The monoisotopic (exact) mass is 284 g/mol. The molecule has 0 radical (unpaired) electrons. The average molecular weight is 284 g/mol. The van der Waals surface area contributed by atoms with E-state index >= 15 is 0 Å². The quantitative estimate of drug-likeness (QED) is 0.610. The van der Waals surface area contributed by atoms with Gasteiger partial charge in [-0.3, -0.25) is 0 Å². The Hall–Kier alpha value is 0.580. The fourth-order valence-corrected chi connectivity index (χ4v) is 2.63. The van der Waals surface area contributed by atoms with Gasteiger partial charge in [-0.05, 0) is 19.3 Å². The Morgan fingerprint density at radius 2 is 2.08 bits per heavy atom. The second-order valence-corrected chi connectivity index (χ2v) is 5.15. The molecular formula is C8H14FIN2. The minimum atomic E-state index is -0.528. The van der Waals surface area contributed by atoms with Crippen LogP contribution in [0.1, 0.15) is 19.3 Å². The van der Waals surface area contributed by atoms with E-state index in [-0.39, 0.29) is 0 Å². The Morgan fingerprint density at radius 1 is 1.33 bits per heavy atom. The zero-order valence-electron chi connectivity index (χ0n) is 6.97. The molecule has 1 saturated carbocycles. The van der Waals surface area contributed by atoms with Gasteiger partial charge >= 0.3 is 0 Å². The molecule has 2 aliphatic rings. The standard InChI is InChI=1S/C8H14FIN2/c9-6-3-8(4-6)11-7-1-2-12(10)5-7/h6-8,11H,1-5H2. The van der Waals surface area contributed by atoms with Gasteiger partial charge in [0, 0.05) is 48.0 Å². The van der Waals surface area contributed by atoms with Crippen molar-refractivity contribution in [3.05, 3.63) is 0 Å². The molecule has 0 spiro atoms. The average Bonchev–Trinajstić information content (AvgIpc) is 2.33. The van der Waals surface area contributed by atoms with Gasteiger partial charge in [0.2, 0.25) is 0 Å². The molecule has 0 aromatic heterocycles. The third-order valence-electron chi connectivity index (χ3n) is 2.69. The van der Waals surface area contributed by atoms with E-state index in [2.05, 4.69) is 31.3 Å². The maximum atomic E-state index is 12.5. The largest absolute Gasteiger partial charge is 0.310 e. The van der Waals surface area contributed by atoms with Crippen molar-refractivity contribution in [2.45, 2.75) is 37.5 Å². The second kappa shape index (κ2) is 3.75. The highest BCUT2D eigenvalue weighted by molar-refractivity contribution is 14.1. The number of alkyl halides is 1. The van der Waals surface area contributed by atoms with Crippen LogP contribution >= 0.6 is 22.9 Å². The molecule has 0 bridgehead atoms. The maximum absolute atomic E-state index is 12.5. The summed E-state index contributed by atoms with van der Waals surface area (Å²) in [4.78, 5) is 0. The van der Waals surface area contributed by atoms with Crippen LogP contribution in [0.3, 0.4) is 0 Å². The van der Waals surface area contributed by atoms with Gasteiger partial charge in [0.1, 0.15) is 6.17 Å². The van der Waals surface area contributed by atoms with Crippen molar-refractivity contribution in [3.63, 3.8) is 0 Å². The molecule has 1 atom stereocenters. The van der Waals surface area contributed by atoms with E-state index in [1.54, 1.807) is 0 Å². The van der Waals surface area contributed by atoms with Gasteiger partial charge in [-0.2, -0.15) is 0 Å². The van der Waals surface area contributed by atoms with E-state index in [0.717, 1.165) is 19.4 Å². The molecule has 1 unspecified atom stereocenters. The third kappa shape index (κ3) is 2.09. The van der Waals surface area contributed by atoms with Gasteiger partial charge in [0.25, 0.3) is 0 Å². The lowest BCUT2D eigenvalue weighted by Gasteiger charge is -2.32. The predicted molar refractivity (Wildman–Crippen MR) is 55.1 cm³/mol. The van der Waals surface area contributed by atoms with Crippen LogP contribution in [0.2, 0.25) is 0 Å². The number of hydrogen-bond acceptors (Lipinski definition) is 2. The molecule has 1 aliphatic carbocycles. The normalized spacial score (nSPS) is 43.0. The van der Waals surface area contributed by atoms with Crippen molar-refractivity contribution in [1.29, 1.82) is 0 Å². The van der Waals surface area contributed by atoms with Gasteiger partial charge < -0.3 is 5.32 Å². The summed E-state index contributed by atoms with van der Waals surface area (Å²) in [6.45, 7) is 2.29. The maximum Gasteiger partial charge on any atom is 0.103 e. The molecule has 0 amide bonds. The highest BCUT2D eigenvalue weighted by Crippen LogP contribution is 2.25. The lowest BCUT2D eigenvalue weighted by molar-refractivity contribution is 0.147. The number of halogens is 2. The van der Waals surface area contributed by atoms with Crippen LogP contribution in [0.4, 0.5) is 4.39 Å². The summed E-state index contributed by atoms with van der Waals surface area (Å²) in [6.07, 6.45) is 2.16. The first-order valence-electron chi connectivity index (χ1n) is 4.55. The molecule has 70 valence electrons. The fraction of sp³-hybridized carbons (Fsp3) is 1.00. The summed E-state index contributed by atoms with van der Waals surface area (Å²) in [6, 6.07) is 1.08. The van der Waals surface area contributed by atoms with Crippen molar-refractivity contribution < 1.29 is 4.39 Å². The van der Waals surface area contributed by atoms with Gasteiger partial charge in [-0.15, -0.1) is 0 Å². The van der Waals surface area contributed by atoms with Crippen LogP contribution in [-0.2, 0) is 0 Å². The Morgan fingerprint density at radius 3 is 2.58 bits per heavy atom. The van der Waals surface area contributed by atoms with E-state index < -0.39 is 6.17 Å². The van der Waals surface area contributed by atoms with E-state index in [1.165, 1.54) is 13.0 Å². The lowest BCUT2D eigenvalue weighted by atomic mass is 9.90. The van der Waals surface area contributed by atoms with Gasteiger partial charge in [0.05, 0.1) is 0 Å². The lowest BCUT2D eigenvalue weighted by Crippen LogP contribution is -2.47. The van der Waals surface area contributed by atoms with Crippen LogP contribution in [-0.4, -0.2) is 34.5 Å². The first-order chi connectivity index (χ1) is 5.74. The molecule has 2 rings (SSSR count). The van der Waals surface area contributed by atoms with Crippen molar-refractivity contribution in [2.24, 2.45) is 0 Å². The molecule has 4 heteroatoms. The smallest absolute Gasteiger partial charge is 0.103 e. The topological polar surface area (TPSA) is 15.3 Å². The zero-order chi connectivity index (χ0) is 8.55. The minimum absolute atomic E-state index is 0.466. The minimum Gasteiger partial charge on any atom is -0.310 e. The summed E-state index contributed by atoms with van der Waals surface area (Å²) in [5.41, 5.74) is 0. The number of hydrogen-bond donors (Lipinski definition) is 1. The highest BCUT2D eigenvalue weighted by atomic mass is 127. The molecule has 1 saturated heterocycles. The first-order valence-corrected chi connectivity index (χ1v) is 5.51. The molecule has 1 N–H and O–H groups in total. The number of nitrogens with zero attached hydrogens (tertiary/aromatic N) is 1. The van der Waals surface area contributed by atoms with Crippen molar-refractivity contribution >= 4 is 22.9 Å². The molecule has 0 aromatic carbocycles. The molecule has 2 nitrogen and oxygen atoms in total. The van der Waals surface area contributed by atoms with E-state index in [1.807, 2.05) is 0 Å². The molecule has 0 aromatic rings. The van der Waals surface area contributed by atoms with Crippen LogP contribution in [0.25, 0.3) is 0 Å². The van der Waals surface area contributed by atoms with E-state index in [0.29, 0.717) is 12.1 Å². The summed E-state index contributed by atoms with van der Waals surface area (Å²) in [7, 11) is 0. The Bertz CT molecular complexity index is 161. The molecule has 12 heavy (non-hydrogen) atoms. The summed E-state index contributed by atoms with van der Waals surface area (Å²) >= 11 is 2.35. The Kier molecular flexibility index (Phi) is 2.86. The first kappa shape index (κ1) is 9.15. The number of nitrogens with one attached hydrogen (secondary N) is 1. The van der Waals surface area contributed by atoms with Crippen molar-refractivity contribution in [2.75, 3.05) is 13.1 Å². The van der Waals surface area contributed by atoms with Crippen molar-refractivity contribution in [1.82, 2.24) is 8.43 Å². The van der Waals surface area contributed by atoms with Crippen LogP contribution in [0.15, 0.2) is 0 Å². The third-order valence-corrected chi connectivity index (χ3v) is 3.57. The molecule has 2 fully saturated rings. The molecular weight excluding hydrogens is 270 g/mol. The summed E-state index contributed by atoms with van der Waals surface area (Å²) in [5.74, 6) is 0. The second-order valence-electron chi connectivity index (χ2n) is 3.79. The Labute approximate surface area is 86.4 Å². The summed E-state index contributed by atoms with van der Waals surface area (Å²) in [5, 5.41) is 3.49. The SMILES string of the molecule is FC1CC(NC2CCN(I)C2)C1. The highest BCUT2D eigenvalue weighted by Gasteiger charge is 2.32. The summed E-state index contributed by atoms with van der Waals surface area (Å²) < 4.78 is 14.8. The van der Waals surface area contributed by atoms with E-state index in [9.17, 15) is 4.39 Å². The molecule has 1 aliphatic heterocycles. The molecule has 1 heterocycles. The van der Waals surface area contributed by atoms with Crippen LogP contribution in [0, 0.1) is 0 Å². The van der Waals surface area contributed by atoms with Gasteiger partial charge in [0.15, 0.2) is 0 Å². The Balaban J connectivity index is 1.67. The van der Waals surface area contributed by atoms with Crippen LogP contribution < -0.4 is 5.32 Å². The zero-order valence-corrected chi connectivity index (χ0v) is 9.13.